The fourth-order valence-electron chi connectivity index (χ4n) is 5.88. The fraction of sp³-hybridized carbons (Fsp3) is 0.385. The van der Waals surface area contributed by atoms with Crippen LogP contribution in [0, 0.1) is 5.92 Å². The van der Waals surface area contributed by atoms with Crippen LogP contribution in [0.25, 0.3) is 0 Å². The van der Waals surface area contributed by atoms with Gasteiger partial charge in [0.25, 0.3) is 5.91 Å². The Morgan fingerprint density at radius 3 is 2.62 bits per heavy atom. The van der Waals surface area contributed by atoms with Crippen molar-refractivity contribution in [3.05, 3.63) is 82.5 Å². The van der Waals surface area contributed by atoms with Crippen molar-refractivity contribution in [3.8, 4) is 0 Å². The van der Waals surface area contributed by atoms with E-state index in [0.717, 1.165) is 36.8 Å². The van der Waals surface area contributed by atoms with E-state index in [1.54, 1.807) is 6.20 Å². The van der Waals surface area contributed by atoms with Gasteiger partial charge in [0.05, 0.1) is 17.8 Å². The molecule has 6 heteroatoms. The third-order valence-electron chi connectivity index (χ3n) is 7.63. The molecule has 2 fully saturated rings. The van der Waals surface area contributed by atoms with Crippen LogP contribution in [-0.4, -0.2) is 33.7 Å². The summed E-state index contributed by atoms with van der Waals surface area (Å²) in [7, 11) is 0. The van der Waals surface area contributed by atoms with Crippen LogP contribution in [0.5, 0.6) is 0 Å². The van der Waals surface area contributed by atoms with E-state index in [2.05, 4.69) is 54.6 Å². The Kier molecular flexibility index (Phi) is 4.25. The van der Waals surface area contributed by atoms with Gasteiger partial charge in [-0.25, -0.2) is 4.68 Å². The number of carbonyl (C=O) groups excluding carboxylic acids is 1. The van der Waals surface area contributed by atoms with Crippen molar-refractivity contribution < 1.29 is 4.79 Å². The number of hydrogen-bond donors (Lipinski definition) is 1. The van der Waals surface area contributed by atoms with E-state index in [-0.39, 0.29) is 22.9 Å². The van der Waals surface area contributed by atoms with Crippen LogP contribution in [0.3, 0.4) is 0 Å². The minimum Gasteiger partial charge on any atom is -0.363 e. The van der Waals surface area contributed by atoms with Crippen molar-refractivity contribution in [2.75, 3.05) is 18.4 Å². The summed E-state index contributed by atoms with van der Waals surface area (Å²) < 4.78 is 1.99. The highest BCUT2D eigenvalue weighted by atomic mass is 35.5. The molecule has 1 saturated carbocycles. The molecule has 3 aliphatic rings. The Morgan fingerprint density at radius 2 is 1.84 bits per heavy atom. The third kappa shape index (κ3) is 2.91. The van der Waals surface area contributed by atoms with Crippen molar-refractivity contribution in [1.29, 1.82) is 0 Å². The van der Waals surface area contributed by atoms with Crippen molar-refractivity contribution in [1.82, 2.24) is 14.7 Å². The summed E-state index contributed by atoms with van der Waals surface area (Å²) in [6.45, 7) is 5.87. The predicted octanol–water partition coefficient (Wildman–Crippen LogP) is 5.24. The van der Waals surface area contributed by atoms with Crippen LogP contribution in [0.15, 0.2) is 60.8 Å². The molecule has 6 rings (SSSR count). The second kappa shape index (κ2) is 6.85. The third-order valence-corrected chi connectivity index (χ3v) is 7.96. The monoisotopic (exact) mass is 446 g/mol. The number of nitrogens with zero attached hydrogens (tertiary/aromatic N) is 3. The number of benzene rings is 2. The Balaban J connectivity index is 1.30. The predicted molar refractivity (Wildman–Crippen MR) is 126 cm³/mol. The lowest BCUT2D eigenvalue weighted by Gasteiger charge is -2.38. The number of fused-ring (bicyclic) bond motifs is 2. The van der Waals surface area contributed by atoms with E-state index in [1.165, 1.54) is 11.1 Å². The highest BCUT2D eigenvalue weighted by Crippen LogP contribution is 2.60. The van der Waals surface area contributed by atoms with Gasteiger partial charge >= 0.3 is 0 Å². The molecule has 3 heterocycles. The van der Waals surface area contributed by atoms with Gasteiger partial charge in [-0.2, -0.15) is 5.10 Å². The number of carbonyl (C=O) groups is 1. The van der Waals surface area contributed by atoms with Crippen molar-refractivity contribution in [2.45, 2.75) is 43.7 Å². The van der Waals surface area contributed by atoms with Crippen LogP contribution in [0.4, 0.5) is 5.82 Å². The van der Waals surface area contributed by atoms with Crippen LogP contribution in [0.1, 0.15) is 54.2 Å². The standard InChI is InChI=1S/C26H27ClN4O/c1-25(2)13-22(17-8-4-3-5-9-17)29-23-19(14-28-31(23)25)24(32)30-15-18-12-26(18,16-30)20-10-6-7-11-21(20)27/h3-11,14,18,22,29H,12-13,15-16H2,1-2H3/t18?,22-,26?/m1/s1. The molecule has 5 nitrogen and oxygen atoms in total. The molecule has 3 atom stereocenters. The Hall–Kier alpha value is -2.79. The number of hydrogen-bond acceptors (Lipinski definition) is 3. The van der Waals surface area contributed by atoms with Gasteiger partial charge in [0.15, 0.2) is 0 Å². The molecule has 2 aliphatic heterocycles. The van der Waals surface area contributed by atoms with Crippen LogP contribution >= 0.6 is 11.6 Å². The van der Waals surface area contributed by atoms with Gasteiger partial charge in [-0.3, -0.25) is 4.79 Å². The van der Waals surface area contributed by atoms with Crippen LogP contribution in [-0.2, 0) is 11.0 Å². The minimum atomic E-state index is -0.189. The van der Waals surface area contributed by atoms with Gasteiger partial charge in [-0.05, 0) is 49.8 Å². The van der Waals surface area contributed by atoms with Gasteiger partial charge < -0.3 is 10.2 Å². The highest BCUT2D eigenvalue weighted by molar-refractivity contribution is 6.31. The van der Waals surface area contributed by atoms with E-state index in [1.807, 2.05) is 33.8 Å². The summed E-state index contributed by atoms with van der Waals surface area (Å²) >= 11 is 6.52. The van der Waals surface area contributed by atoms with Gasteiger partial charge in [0.2, 0.25) is 0 Å². The molecule has 0 spiro atoms. The average molecular weight is 447 g/mol. The molecular weight excluding hydrogens is 420 g/mol. The molecule has 1 N–H and O–H groups in total. The number of rotatable bonds is 3. The van der Waals surface area contributed by atoms with Crippen molar-refractivity contribution in [2.24, 2.45) is 5.92 Å². The molecule has 3 aromatic rings. The second-order valence-electron chi connectivity index (χ2n) is 10.2. The van der Waals surface area contributed by atoms with E-state index in [9.17, 15) is 4.79 Å². The molecule has 1 saturated heterocycles. The number of piperidine rings is 1. The Bertz CT molecular complexity index is 1200. The Labute approximate surface area is 193 Å². The molecule has 0 bridgehead atoms. The first-order chi connectivity index (χ1) is 15.4. The lowest BCUT2D eigenvalue weighted by atomic mass is 9.89. The molecule has 2 aromatic carbocycles. The smallest absolute Gasteiger partial charge is 0.259 e. The van der Waals surface area contributed by atoms with E-state index < -0.39 is 0 Å². The molecule has 0 radical (unpaired) electrons. The zero-order valence-electron chi connectivity index (χ0n) is 18.4. The number of nitrogens with one attached hydrogen (secondary N) is 1. The quantitative estimate of drug-likeness (QED) is 0.598. The minimum absolute atomic E-state index is 0.0144. The maximum absolute atomic E-state index is 13.7. The van der Waals surface area contributed by atoms with Crippen LogP contribution < -0.4 is 5.32 Å². The maximum Gasteiger partial charge on any atom is 0.259 e. The summed E-state index contributed by atoms with van der Waals surface area (Å²) in [5, 5.41) is 9.07. The molecule has 1 aromatic heterocycles. The molecule has 32 heavy (non-hydrogen) atoms. The molecule has 2 unspecified atom stereocenters. The first-order valence-electron chi connectivity index (χ1n) is 11.3. The van der Waals surface area contributed by atoms with Gasteiger partial charge in [0, 0.05) is 23.5 Å². The summed E-state index contributed by atoms with van der Waals surface area (Å²) in [5.74, 6) is 1.37. The molecule has 1 aliphatic carbocycles. The van der Waals surface area contributed by atoms with E-state index in [0.29, 0.717) is 11.5 Å². The van der Waals surface area contributed by atoms with Crippen molar-refractivity contribution >= 4 is 23.3 Å². The fourth-order valence-corrected chi connectivity index (χ4v) is 6.21. The number of likely N-dealkylation sites (tertiary alicyclic amines) is 1. The lowest BCUT2D eigenvalue weighted by Crippen LogP contribution is -2.39. The maximum atomic E-state index is 13.7. The van der Waals surface area contributed by atoms with E-state index >= 15 is 0 Å². The van der Waals surface area contributed by atoms with Crippen LogP contribution in [0.2, 0.25) is 5.02 Å². The first-order valence-corrected chi connectivity index (χ1v) is 11.7. The normalized spacial score (nSPS) is 27.4. The number of aromatic nitrogens is 2. The summed E-state index contributed by atoms with van der Waals surface area (Å²) in [4.78, 5) is 15.7. The second-order valence-corrected chi connectivity index (χ2v) is 10.6. The number of halogens is 1. The topological polar surface area (TPSA) is 50.2 Å². The summed E-state index contributed by atoms with van der Waals surface area (Å²) in [6, 6.07) is 18.7. The Morgan fingerprint density at radius 1 is 1.09 bits per heavy atom. The average Bonchev–Trinajstić information content (AvgIpc) is 3.12. The zero-order chi connectivity index (χ0) is 22.1. The first kappa shape index (κ1) is 19.9. The summed E-state index contributed by atoms with van der Waals surface area (Å²) in [5.41, 5.74) is 2.90. The molecule has 1 amide bonds. The summed E-state index contributed by atoms with van der Waals surface area (Å²) in [6.07, 6.45) is 3.75. The molecular formula is C26H27ClN4O. The zero-order valence-corrected chi connectivity index (χ0v) is 19.1. The van der Waals surface area contributed by atoms with Gasteiger partial charge in [-0.15, -0.1) is 0 Å². The van der Waals surface area contributed by atoms with Crippen molar-refractivity contribution in [3.63, 3.8) is 0 Å². The number of amides is 1. The van der Waals surface area contributed by atoms with Gasteiger partial charge in [0.1, 0.15) is 11.4 Å². The molecule has 164 valence electrons. The highest BCUT2D eigenvalue weighted by Gasteiger charge is 2.62. The SMILES string of the molecule is CC1(C)C[C@H](c2ccccc2)Nc2c(C(=O)N3CC4CC4(c4ccccc4Cl)C3)cnn21. The number of anilines is 1. The van der Waals surface area contributed by atoms with E-state index in [4.69, 9.17) is 11.6 Å². The lowest BCUT2D eigenvalue weighted by molar-refractivity contribution is 0.0772. The largest absolute Gasteiger partial charge is 0.363 e. The van der Waals surface area contributed by atoms with Gasteiger partial charge in [-0.1, -0.05) is 60.1 Å².